The van der Waals surface area contributed by atoms with Crippen LogP contribution in [0.5, 0.6) is 0 Å². The lowest BCUT2D eigenvalue weighted by Crippen LogP contribution is -2.25. The minimum atomic E-state index is -0.506. The number of amides is 2. The first kappa shape index (κ1) is 41.2. The Labute approximate surface area is 234 Å². The summed E-state index contributed by atoms with van der Waals surface area (Å²) in [5.74, 6) is -0.469. The molecular formula is C24H36N4O8S2. The molecule has 0 aliphatic rings. The molecule has 0 fully saturated rings. The average Bonchev–Trinajstić information content (AvgIpc) is 2.78. The highest BCUT2D eigenvalue weighted by molar-refractivity contribution is 8.13. The van der Waals surface area contributed by atoms with Gasteiger partial charge in [0.05, 0.1) is 22.9 Å². The molecule has 2 rings (SSSR count). The Morgan fingerprint density at radius 3 is 1.45 bits per heavy atom. The lowest BCUT2D eigenvalue weighted by Gasteiger charge is -2.01. The van der Waals surface area contributed by atoms with Gasteiger partial charge in [-0.05, 0) is 19.1 Å². The zero-order valence-corrected chi connectivity index (χ0v) is 20.6. The van der Waals surface area contributed by atoms with E-state index in [1.807, 2.05) is 0 Å². The van der Waals surface area contributed by atoms with E-state index in [2.05, 4.69) is 10.6 Å². The fraction of sp³-hybridized carbons (Fsp3) is 0.333. The predicted octanol–water partition coefficient (Wildman–Crippen LogP) is 4.58. The fourth-order valence-corrected chi connectivity index (χ4v) is 2.63. The number of Topliss-reactive ketones (excluding diaryl/α,β-unsaturated/α-hetero) is 1. The molecule has 0 aromatic heterocycles. The first-order chi connectivity index (χ1) is 16.3. The van der Waals surface area contributed by atoms with Gasteiger partial charge in [0.25, 0.3) is 11.4 Å². The number of hydrogen-bond acceptors (Lipinski definition) is 10. The second kappa shape index (κ2) is 22.3. The number of carbonyl (C=O) groups is 4. The van der Waals surface area contributed by atoms with Crippen molar-refractivity contribution in [1.29, 1.82) is 0 Å². The van der Waals surface area contributed by atoms with Gasteiger partial charge in [0.15, 0.2) is 0 Å². The molecule has 0 saturated heterocycles. The van der Waals surface area contributed by atoms with Gasteiger partial charge in [0.2, 0.25) is 16.9 Å². The van der Waals surface area contributed by atoms with E-state index < -0.39 is 9.85 Å². The summed E-state index contributed by atoms with van der Waals surface area (Å²) >= 11 is 5.67. The molecule has 0 aliphatic heterocycles. The molecule has 2 aromatic rings. The molecule has 0 heterocycles. The van der Waals surface area contributed by atoms with Crippen LogP contribution in [0.1, 0.15) is 44.5 Å². The van der Waals surface area contributed by atoms with Crippen molar-refractivity contribution in [2.45, 2.75) is 52.8 Å². The maximum atomic E-state index is 11.4. The molecule has 0 radical (unpaired) electrons. The molecule has 38 heavy (non-hydrogen) atoms. The molecule has 14 heteroatoms. The molecule has 2 aromatic carbocycles. The molecule has 0 saturated carbocycles. The number of benzene rings is 2. The topological polar surface area (TPSA) is 179 Å². The molecule has 0 spiro atoms. The molecule has 0 bridgehead atoms. The Morgan fingerprint density at radius 2 is 1.13 bits per heavy atom. The molecule has 12 nitrogen and oxygen atoms in total. The van der Waals surface area contributed by atoms with Crippen LogP contribution in [-0.2, 0) is 31.8 Å². The Morgan fingerprint density at radius 1 is 0.763 bits per heavy atom. The van der Waals surface area contributed by atoms with Crippen molar-refractivity contribution in [3.05, 3.63) is 68.8 Å². The average molecular weight is 573 g/mol. The lowest BCUT2D eigenvalue weighted by molar-refractivity contribution is -0.385. The van der Waals surface area contributed by atoms with Gasteiger partial charge in [-0.25, -0.2) is 0 Å². The minimum absolute atomic E-state index is 0. The number of rotatable bonds is 7. The number of nitro benzene ring substituents is 2. The van der Waals surface area contributed by atoms with E-state index in [1.54, 1.807) is 0 Å². The quantitative estimate of drug-likeness (QED) is 0.206. The number of nitrogens with one attached hydrogen (secondary N) is 2. The van der Waals surface area contributed by atoms with Gasteiger partial charge < -0.3 is 23.3 Å². The number of non-ortho nitro benzene ring substituents is 2. The molecule has 0 unspecified atom stereocenters. The molecule has 2 N–H and O–H groups in total. The van der Waals surface area contributed by atoms with Gasteiger partial charge in [0, 0.05) is 43.0 Å². The smallest absolute Gasteiger partial charge is 0.780 e. The summed E-state index contributed by atoms with van der Waals surface area (Å²) < 4.78 is 0. The lowest BCUT2D eigenvalue weighted by atomic mass is 10.3. The monoisotopic (exact) mass is 572 g/mol. The van der Waals surface area contributed by atoms with Crippen LogP contribution < -0.4 is 10.6 Å². The highest BCUT2D eigenvalue weighted by Crippen LogP contribution is 2.21. The van der Waals surface area contributed by atoms with Crippen molar-refractivity contribution in [3.63, 3.8) is 0 Å². The highest BCUT2D eigenvalue weighted by atomic mass is 32.2. The van der Waals surface area contributed by atoms with Crippen LogP contribution in [0.15, 0.2) is 58.3 Å². The molecule has 2 amide bonds. The summed E-state index contributed by atoms with van der Waals surface area (Å²) in [7, 11) is 0. The number of ketones is 1. The summed E-state index contributed by atoms with van der Waals surface area (Å²) in [6.07, 6.45) is 0. The van der Waals surface area contributed by atoms with Gasteiger partial charge >= 0.3 is 1.43 Å². The Hall–Kier alpha value is -3.91. The SMILES string of the molecule is C.C.C.CC(=O)CNC(C)=O.CC(=O)NCC(=O)Sc1ccc([N+](=O)[O-])cc1.O=[N+]([O-])c1ccc([S-])cc1.[H+]. The van der Waals surface area contributed by atoms with Gasteiger partial charge in [0.1, 0.15) is 5.78 Å². The van der Waals surface area contributed by atoms with E-state index in [0.29, 0.717) is 9.79 Å². The summed E-state index contributed by atoms with van der Waals surface area (Å²) in [5.41, 5.74) is 0.0530. The van der Waals surface area contributed by atoms with Gasteiger partial charge in [-0.1, -0.05) is 46.2 Å². The maximum absolute atomic E-state index is 11.4. The van der Waals surface area contributed by atoms with Gasteiger partial charge in [-0.15, -0.1) is 0 Å². The number of carbonyl (C=O) groups excluding carboxylic acids is 4. The third kappa shape index (κ3) is 21.4. The largest absolute Gasteiger partial charge is 1.00 e. The van der Waals surface area contributed by atoms with E-state index in [-0.39, 0.29) is 70.9 Å². The van der Waals surface area contributed by atoms with Crippen molar-refractivity contribution in [3.8, 4) is 0 Å². The number of hydrogen-bond donors (Lipinski definition) is 2. The van der Waals surface area contributed by atoms with Crippen LogP contribution >= 0.6 is 11.8 Å². The van der Waals surface area contributed by atoms with Crippen LogP contribution in [0.25, 0.3) is 0 Å². The molecule has 0 aliphatic carbocycles. The van der Waals surface area contributed by atoms with Crippen molar-refractivity contribution < 1.29 is 30.5 Å². The van der Waals surface area contributed by atoms with Crippen molar-refractivity contribution in [1.82, 2.24) is 10.6 Å². The molecule has 0 atom stereocenters. The van der Waals surface area contributed by atoms with Gasteiger partial charge in [-0.2, -0.15) is 4.90 Å². The number of nitro groups is 2. The van der Waals surface area contributed by atoms with Crippen LogP contribution in [0.2, 0.25) is 0 Å². The highest BCUT2D eigenvalue weighted by Gasteiger charge is 2.08. The van der Waals surface area contributed by atoms with E-state index in [1.165, 1.54) is 69.3 Å². The fourth-order valence-electron chi connectivity index (χ4n) is 1.82. The third-order valence-electron chi connectivity index (χ3n) is 3.39. The maximum Gasteiger partial charge on any atom is 1.00 e. The van der Waals surface area contributed by atoms with Crippen LogP contribution in [0.4, 0.5) is 11.4 Å². The third-order valence-corrected chi connectivity index (χ3v) is 4.55. The van der Waals surface area contributed by atoms with Crippen molar-refractivity contribution >= 4 is 58.5 Å². The Kier molecular flexibility index (Phi) is 24.2. The van der Waals surface area contributed by atoms with Crippen LogP contribution in [0, 0.1) is 20.2 Å². The summed E-state index contributed by atoms with van der Waals surface area (Å²) in [6.45, 7) is 4.22. The minimum Gasteiger partial charge on any atom is -0.780 e. The van der Waals surface area contributed by atoms with Gasteiger partial charge in [-0.3, -0.25) is 39.4 Å². The standard InChI is InChI=1S/C10H10N2O4S.C6H5NO2S.C5H9NO2.3CH4/c1-7(13)11-6-10(14)17-9-4-2-8(3-5-9)12(15)16;8-7(9)5-1-3-6(10)4-2-5;1-4(7)3-6-5(2)8;;;/h2-5H,6H2,1H3,(H,11,13);1-4,10H;3H2,1-2H3,(H,6,8);3*1H4. The zero-order chi connectivity index (χ0) is 27.0. The molecule has 212 valence electrons. The van der Waals surface area contributed by atoms with Crippen molar-refractivity contribution in [2.75, 3.05) is 13.1 Å². The zero-order valence-electron chi connectivity index (χ0n) is 20.0. The molecular weight excluding hydrogens is 536 g/mol. The van der Waals surface area contributed by atoms with E-state index in [4.69, 9.17) is 12.6 Å². The van der Waals surface area contributed by atoms with E-state index in [0.717, 1.165) is 11.8 Å². The van der Waals surface area contributed by atoms with E-state index >= 15 is 0 Å². The van der Waals surface area contributed by atoms with Crippen LogP contribution in [-0.4, -0.2) is 45.6 Å². The van der Waals surface area contributed by atoms with Crippen LogP contribution in [0.3, 0.4) is 0 Å². The Bertz CT molecular complexity index is 1040. The van der Waals surface area contributed by atoms with Crippen molar-refractivity contribution in [2.24, 2.45) is 0 Å². The normalized spacial score (nSPS) is 8.50. The first-order valence-electron chi connectivity index (χ1n) is 9.66. The first-order valence-corrected chi connectivity index (χ1v) is 10.9. The summed E-state index contributed by atoms with van der Waals surface area (Å²) in [6, 6.07) is 11.5. The predicted molar refractivity (Wildman–Crippen MR) is 152 cm³/mol. The summed E-state index contributed by atoms with van der Waals surface area (Å²) in [4.78, 5) is 62.9. The Balaban J connectivity index is -0.000000152. The second-order valence-electron chi connectivity index (χ2n) is 6.50. The number of nitrogens with zero attached hydrogens (tertiary/aromatic N) is 2. The summed E-state index contributed by atoms with van der Waals surface area (Å²) in [5, 5.41) is 25.0. The number of thioether (sulfide) groups is 1. The second-order valence-corrected chi connectivity index (χ2v) is 8.10. The van der Waals surface area contributed by atoms with E-state index in [9.17, 15) is 39.4 Å².